The molecule has 1 aliphatic rings. The van der Waals surface area contributed by atoms with E-state index >= 15 is 0 Å². The van der Waals surface area contributed by atoms with Gasteiger partial charge < -0.3 is 9.84 Å². The number of amides is 1. The molecule has 0 bridgehead atoms. The van der Waals surface area contributed by atoms with Gasteiger partial charge in [0, 0.05) is 32.3 Å². The second kappa shape index (κ2) is 12.3. The van der Waals surface area contributed by atoms with Crippen LogP contribution in [0, 0.1) is 5.92 Å². The number of halogens is 2. The minimum atomic E-state index is -0.100. The van der Waals surface area contributed by atoms with Crippen LogP contribution in [0.4, 0.5) is 5.69 Å². The molecule has 1 saturated heterocycles. The van der Waals surface area contributed by atoms with Crippen molar-refractivity contribution >= 4 is 50.9 Å². The number of para-hydroxylation sites is 1. The molecule has 0 spiro atoms. The molecule has 5 rings (SSSR count). The van der Waals surface area contributed by atoms with E-state index in [1.807, 2.05) is 72.8 Å². The highest BCUT2D eigenvalue weighted by Gasteiger charge is 2.27. The van der Waals surface area contributed by atoms with Gasteiger partial charge in [-0.2, -0.15) is 4.98 Å². The Kier molecular flexibility index (Phi) is 8.61. The molecule has 2 heterocycles. The highest BCUT2D eigenvalue weighted by Crippen LogP contribution is 2.31. The third-order valence-corrected chi connectivity index (χ3v) is 8.18. The van der Waals surface area contributed by atoms with Crippen LogP contribution in [-0.4, -0.2) is 34.0 Å². The summed E-state index contributed by atoms with van der Waals surface area (Å²) in [6.45, 7) is 2.08. The van der Waals surface area contributed by atoms with Crippen LogP contribution in [-0.2, 0) is 17.1 Å². The monoisotopic (exact) mass is 596 g/mol. The fraction of sp³-hybridized carbons (Fsp3) is 0.250. The van der Waals surface area contributed by atoms with Crippen molar-refractivity contribution in [2.45, 2.75) is 30.0 Å². The SMILES string of the molecule is O=C(Nc1ccccc1SCc1ccc(Cl)cc1)C1CCCN(Cc2nc(-c3ccc(Br)cc3)no2)C1. The lowest BCUT2D eigenvalue weighted by atomic mass is 9.97. The lowest BCUT2D eigenvalue weighted by Crippen LogP contribution is -2.40. The number of carbonyl (C=O) groups is 1. The zero-order valence-corrected chi connectivity index (χ0v) is 23.2. The van der Waals surface area contributed by atoms with Crippen molar-refractivity contribution in [2.75, 3.05) is 18.4 Å². The van der Waals surface area contributed by atoms with Gasteiger partial charge in [0.25, 0.3) is 0 Å². The molecule has 1 unspecified atom stereocenters. The number of piperidine rings is 1. The summed E-state index contributed by atoms with van der Waals surface area (Å²) in [5, 5.41) is 8.03. The van der Waals surface area contributed by atoms with E-state index in [0.29, 0.717) is 24.8 Å². The first-order valence-electron chi connectivity index (χ1n) is 12.1. The molecular formula is C28H26BrClN4O2S. The Morgan fingerprint density at radius 2 is 1.89 bits per heavy atom. The summed E-state index contributed by atoms with van der Waals surface area (Å²) in [5.74, 6) is 1.87. The Morgan fingerprint density at radius 1 is 1.11 bits per heavy atom. The van der Waals surface area contributed by atoms with Crippen LogP contribution in [0.5, 0.6) is 0 Å². The number of hydrogen-bond donors (Lipinski definition) is 1. The average molecular weight is 598 g/mol. The molecule has 0 saturated carbocycles. The lowest BCUT2D eigenvalue weighted by Gasteiger charge is -2.31. The minimum absolute atomic E-state index is 0.0466. The maximum absolute atomic E-state index is 13.2. The van der Waals surface area contributed by atoms with Crippen molar-refractivity contribution in [1.82, 2.24) is 15.0 Å². The van der Waals surface area contributed by atoms with Crippen LogP contribution in [0.25, 0.3) is 11.4 Å². The summed E-state index contributed by atoms with van der Waals surface area (Å²) in [6, 6.07) is 23.6. The van der Waals surface area contributed by atoms with E-state index in [0.717, 1.165) is 50.8 Å². The number of aromatic nitrogens is 2. The number of likely N-dealkylation sites (tertiary alicyclic amines) is 1. The van der Waals surface area contributed by atoms with Crippen LogP contribution in [0.2, 0.25) is 5.02 Å². The Bertz CT molecular complexity index is 1350. The molecule has 4 aromatic rings. The second-order valence-corrected chi connectivity index (χ2v) is 11.4. The van der Waals surface area contributed by atoms with E-state index in [1.165, 1.54) is 5.56 Å². The Morgan fingerprint density at radius 3 is 2.70 bits per heavy atom. The summed E-state index contributed by atoms with van der Waals surface area (Å²) in [6.07, 6.45) is 1.80. The molecule has 3 aromatic carbocycles. The number of carbonyl (C=O) groups excluding carboxylic acids is 1. The number of nitrogens with one attached hydrogen (secondary N) is 1. The molecule has 1 amide bonds. The van der Waals surface area contributed by atoms with Gasteiger partial charge in [-0.3, -0.25) is 9.69 Å². The van der Waals surface area contributed by atoms with Crippen molar-refractivity contribution < 1.29 is 9.32 Å². The number of hydrogen-bond acceptors (Lipinski definition) is 6. The van der Waals surface area contributed by atoms with Gasteiger partial charge in [0.1, 0.15) is 0 Å². The lowest BCUT2D eigenvalue weighted by molar-refractivity contribution is -0.121. The Hall–Kier alpha value is -2.65. The van der Waals surface area contributed by atoms with E-state index in [1.54, 1.807) is 11.8 Å². The largest absolute Gasteiger partial charge is 0.338 e. The van der Waals surface area contributed by atoms with E-state index in [9.17, 15) is 4.79 Å². The van der Waals surface area contributed by atoms with Crippen molar-refractivity contribution in [1.29, 1.82) is 0 Å². The van der Waals surface area contributed by atoms with Gasteiger partial charge in [-0.25, -0.2) is 0 Å². The first kappa shape index (κ1) is 26.0. The topological polar surface area (TPSA) is 71.3 Å². The van der Waals surface area contributed by atoms with E-state index in [2.05, 4.69) is 36.3 Å². The van der Waals surface area contributed by atoms with Gasteiger partial charge in [-0.1, -0.05) is 57.0 Å². The quantitative estimate of drug-likeness (QED) is 0.215. The summed E-state index contributed by atoms with van der Waals surface area (Å²) in [7, 11) is 0. The van der Waals surface area contributed by atoms with Gasteiger partial charge in [-0.05, 0) is 73.5 Å². The number of benzene rings is 3. The predicted molar refractivity (Wildman–Crippen MR) is 152 cm³/mol. The zero-order valence-electron chi connectivity index (χ0n) is 20.1. The summed E-state index contributed by atoms with van der Waals surface area (Å²) < 4.78 is 6.50. The number of nitrogens with zero attached hydrogens (tertiary/aromatic N) is 3. The molecule has 6 nitrogen and oxygen atoms in total. The van der Waals surface area contributed by atoms with Gasteiger partial charge in [-0.15, -0.1) is 11.8 Å². The maximum Gasteiger partial charge on any atom is 0.241 e. The van der Waals surface area contributed by atoms with E-state index in [4.69, 9.17) is 16.1 Å². The van der Waals surface area contributed by atoms with Gasteiger partial charge in [0.15, 0.2) is 0 Å². The first-order valence-corrected chi connectivity index (χ1v) is 14.3. The second-order valence-electron chi connectivity index (χ2n) is 8.99. The van der Waals surface area contributed by atoms with Crippen LogP contribution < -0.4 is 5.32 Å². The fourth-order valence-corrected chi connectivity index (χ4v) is 5.67. The van der Waals surface area contributed by atoms with Crippen molar-refractivity contribution in [3.63, 3.8) is 0 Å². The summed E-state index contributed by atoms with van der Waals surface area (Å²) >= 11 is 11.1. The van der Waals surface area contributed by atoms with Crippen molar-refractivity contribution in [2.24, 2.45) is 5.92 Å². The smallest absolute Gasteiger partial charge is 0.241 e. The molecular weight excluding hydrogens is 572 g/mol. The van der Waals surface area contributed by atoms with Crippen LogP contribution in [0.1, 0.15) is 24.3 Å². The third kappa shape index (κ3) is 7.02. The molecule has 0 radical (unpaired) electrons. The molecule has 190 valence electrons. The number of thioether (sulfide) groups is 1. The third-order valence-electron chi connectivity index (χ3n) is 6.26. The number of rotatable bonds is 8. The predicted octanol–water partition coefficient (Wildman–Crippen LogP) is 7.30. The maximum atomic E-state index is 13.2. The normalized spacial score (nSPS) is 16.0. The highest BCUT2D eigenvalue weighted by molar-refractivity contribution is 9.10. The molecule has 0 aliphatic carbocycles. The first-order chi connectivity index (χ1) is 18.0. The van der Waals surface area contributed by atoms with Crippen molar-refractivity contribution in [3.8, 4) is 11.4 Å². The van der Waals surface area contributed by atoms with Crippen LogP contribution in [0.3, 0.4) is 0 Å². The van der Waals surface area contributed by atoms with Crippen molar-refractivity contribution in [3.05, 3.63) is 93.7 Å². The summed E-state index contributed by atoms with van der Waals surface area (Å²) in [5.41, 5.74) is 2.93. The van der Waals surface area contributed by atoms with Crippen LogP contribution >= 0.6 is 39.3 Å². The summed E-state index contributed by atoms with van der Waals surface area (Å²) in [4.78, 5) is 21.0. The Labute approximate surface area is 233 Å². The molecule has 1 atom stereocenters. The van der Waals surface area contributed by atoms with E-state index < -0.39 is 0 Å². The number of anilines is 1. The Balaban J connectivity index is 1.18. The van der Waals surface area contributed by atoms with Gasteiger partial charge in [0.05, 0.1) is 18.2 Å². The standard InChI is InChI=1S/C28H26BrClN4O2S/c29-22-11-9-20(10-12-22)27-32-26(36-33-27)17-34-15-3-4-21(16-34)28(35)31-24-5-1-2-6-25(24)37-18-19-7-13-23(30)14-8-19/h1-2,5-14,21H,3-4,15-18H2,(H,31,35). The molecule has 37 heavy (non-hydrogen) atoms. The average Bonchev–Trinajstić information content (AvgIpc) is 3.38. The fourth-order valence-electron chi connectivity index (χ4n) is 4.31. The molecule has 9 heteroatoms. The molecule has 1 aliphatic heterocycles. The highest BCUT2D eigenvalue weighted by atomic mass is 79.9. The van der Waals surface area contributed by atoms with Gasteiger partial charge in [0.2, 0.25) is 17.6 Å². The molecule has 1 N–H and O–H groups in total. The zero-order chi connectivity index (χ0) is 25.6. The van der Waals surface area contributed by atoms with Gasteiger partial charge >= 0.3 is 0 Å². The minimum Gasteiger partial charge on any atom is -0.338 e. The van der Waals surface area contributed by atoms with E-state index in [-0.39, 0.29) is 11.8 Å². The molecule has 1 fully saturated rings. The molecule has 1 aromatic heterocycles. The van der Waals surface area contributed by atoms with Crippen LogP contribution in [0.15, 0.2) is 86.7 Å².